The van der Waals surface area contributed by atoms with E-state index in [2.05, 4.69) is 31.3 Å². The fraction of sp³-hybridized carbons (Fsp3) is 0.353. The Kier molecular flexibility index (Phi) is 5.39. The summed E-state index contributed by atoms with van der Waals surface area (Å²) in [5.41, 5.74) is 1.40. The number of anilines is 1. The first-order valence-electron chi connectivity index (χ1n) is 7.27. The Hall–Kier alpha value is -1.81. The molecular weight excluding hydrogens is 282 g/mol. The number of carbonyl (C=O) groups excluding carboxylic acids is 1. The minimum absolute atomic E-state index is 0.158. The van der Waals surface area contributed by atoms with Gasteiger partial charge >= 0.3 is 5.97 Å². The molecule has 1 unspecified atom stereocenters. The fourth-order valence-electron chi connectivity index (χ4n) is 2.12. The summed E-state index contributed by atoms with van der Waals surface area (Å²) in [6.07, 6.45) is 1.05. The standard InChI is InChI=1S/C17H21NO2S/c1-4-13-10-11-16(21-13)12(3)18-15-9-7-6-8-14(15)17(19)20-5-2/h6-12,18H,4-5H2,1-3H3. The van der Waals surface area contributed by atoms with Gasteiger partial charge in [-0.1, -0.05) is 19.1 Å². The zero-order valence-electron chi connectivity index (χ0n) is 12.7. The lowest BCUT2D eigenvalue weighted by molar-refractivity contribution is 0.0527. The highest BCUT2D eigenvalue weighted by Crippen LogP contribution is 2.28. The normalized spacial score (nSPS) is 12.0. The minimum Gasteiger partial charge on any atom is -0.462 e. The van der Waals surface area contributed by atoms with Crippen LogP contribution in [0.25, 0.3) is 0 Å². The fourth-order valence-corrected chi connectivity index (χ4v) is 3.07. The number of carbonyl (C=O) groups is 1. The van der Waals surface area contributed by atoms with Crippen molar-refractivity contribution in [2.24, 2.45) is 0 Å². The molecule has 0 amide bonds. The second-order valence-corrected chi connectivity index (χ2v) is 5.99. The summed E-state index contributed by atoms with van der Waals surface area (Å²) in [7, 11) is 0. The van der Waals surface area contributed by atoms with Gasteiger partial charge in [0.15, 0.2) is 0 Å². The molecule has 2 rings (SSSR count). The maximum Gasteiger partial charge on any atom is 0.340 e. The Morgan fingerprint density at radius 3 is 2.67 bits per heavy atom. The first-order chi connectivity index (χ1) is 10.2. The second kappa shape index (κ2) is 7.27. The van der Waals surface area contributed by atoms with E-state index < -0.39 is 0 Å². The SMILES string of the molecule is CCOC(=O)c1ccccc1NC(C)c1ccc(CC)s1. The Labute approximate surface area is 130 Å². The summed E-state index contributed by atoms with van der Waals surface area (Å²) >= 11 is 1.81. The Balaban J connectivity index is 2.17. The third-order valence-electron chi connectivity index (χ3n) is 3.25. The van der Waals surface area contributed by atoms with Gasteiger partial charge in [-0.05, 0) is 44.5 Å². The van der Waals surface area contributed by atoms with Crippen LogP contribution in [0, 0.1) is 0 Å². The van der Waals surface area contributed by atoms with Gasteiger partial charge in [-0.25, -0.2) is 4.79 Å². The largest absolute Gasteiger partial charge is 0.462 e. The molecule has 0 aliphatic heterocycles. The zero-order valence-corrected chi connectivity index (χ0v) is 13.5. The Bertz CT molecular complexity index is 606. The van der Waals surface area contributed by atoms with Crippen LogP contribution in [0.2, 0.25) is 0 Å². The van der Waals surface area contributed by atoms with Gasteiger partial charge in [0.25, 0.3) is 0 Å². The molecule has 0 saturated heterocycles. The zero-order chi connectivity index (χ0) is 15.2. The van der Waals surface area contributed by atoms with Gasteiger partial charge in [0, 0.05) is 15.4 Å². The molecule has 0 fully saturated rings. The number of benzene rings is 1. The molecule has 1 N–H and O–H groups in total. The average Bonchev–Trinajstić information content (AvgIpc) is 2.97. The molecule has 0 spiro atoms. The van der Waals surface area contributed by atoms with Crippen molar-refractivity contribution in [1.82, 2.24) is 0 Å². The van der Waals surface area contributed by atoms with E-state index in [-0.39, 0.29) is 12.0 Å². The number of hydrogen-bond donors (Lipinski definition) is 1. The number of hydrogen-bond acceptors (Lipinski definition) is 4. The van der Waals surface area contributed by atoms with Crippen molar-refractivity contribution in [3.8, 4) is 0 Å². The van der Waals surface area contributed by atoms with Gasteiger partial charge in [0.2, 0.25) is 0 Å². The molecule has 21 heavy (non-hydrogen) atoms. The van der Waals surface area contributed by atoms with E-state index in [1.54, 1.807) is 17.4 Å². The summed E-state index contributed by atoms with van der Waals surface area (Å²) in [6, 6.07) is 11.9. The van der Waals surface area contributed by atoms with E-state index >= 15 is 0 Å². The van der Waals surface area contributed by atoms with Crippen LogP contribution in [-0.4, -0.2) is 12.6 Å². The Morgan fingerprint density at radius 2 is 2.00 bits per heavy atom. The summed E-state index contributed by atoms with van der Waals surface area (Å²) < 4.78 is 5.10. The van der Waals surface area contributed by atoms with Crippen molar-refractivity contribution in [2.45, 2.75) is 33.2 Å². The second-order valence-electron chi connectivity index (χ2n) is 4.79. The van der Waals surface area contributed by atoms with Crippen molar-refractivity contribution in [2.75, 3.05) is 11.9 Å². The summed E-state index contributed by atoms with van der Waals surface area (Å²) in [5.74, 6) is -0.284. The molecule has 4 heteroatoms. The van der Waals surface area contributed by atoms with Crippen LogP contribution >= 0.6 is 11.3 Å². The van der Waals surface area contributed by atoms with Gasteiger partial charge < -0.3 is 10.1 Å². The number of esters is 1. The van der Waals surface area contributed by atoms with Crippen LogP contribution < -0.4 is 5.32 Å². The van der Waals surface area contributed by atoms with Crippen LogP contribution in [0.4, 0.5) is 5.69 Å². The van der Waals surface area contributed by atoms with Crippen molar-refractivity contribution in [3.63, 3.8) is 0 Å². The number of nitrogens with one attached hydrogen (secondary N) is 1. The van der Waals surface area contributed by atoms with Crippen LogP contribution in [0.15, 0.2) is 36.4 Å². The van der Waals surface area contributed by atoms with Crippen molar-refractivity contribution < 1.29 is 9.53 Å². The van der Waals surface area contributed by atoms with Crippen LogP contribution in [0.3, 0.4) is 0 Å². The van der Waals surface area contributed by atoms with Crippen LogP contribution in [0.1, 0.15) is 46.9 Å². The van der Waals surface area contributed by atoms with E-state index in [9.17, 15) is 4.79 Å². The molecule has 3 nitrogen and oxygen atoms in total. The first kappa shape index (κ1) is 15.6. The highest BCUT2D eigenvalue weighted by atomic mass is 32.1. The smallest absolute Gasteiger partial charge is 0.340 e. The number of aryl methyl sites for hydroxylation is 1. The lowest BCUT2D eigenvalue weighted by atomic mass is 10.1. The van der Waals surface area contributed by atoms with E-state index in [1.165, 1.54) is 9.75 Å². The molecule has 0 aliphatic rings. The van der Waals surface area contributed by atoms with Crippen molar-refractivity contribution in [1.29, 1.82) is 0 Å². The van der Waals surface area contributed by atoms with Gasteiger partial charge in [-0.3, -0.25) is 0 Å². The highest BCUT2D eigenvalue weighted by Gasteiger charge is 2.15. The summed E-state index contributed by atoms with van der Waals surface area (Å²) in [5, 5.41) is 3.41. The van der Waals surface area contributed by atoms with Gasteiger partial charge in [-0.2, -0.15) is 0 Å². The quantitative estimate of drug-likeness (QED) is 0.789. The summed E-state index contributed by atoms with van der Waals surface area (Å²) in [6.45, 7) is 6.46. The van der Waals surface area contributed by atoms with E-state index in [4.69, 9.17) is 4.74 Å². The van der Waals surface area contributed by atoms with Gasteiger partial charge in [0.05, 0.1) is 18.2 Å². The van der Waals surface area contributed by atoms with Gasteiger partial charge in [0.1, 0.15) is 0 Å². The molecular formula is C17H21NO2S. The van der Waals surface area contributed by atoms with Crippen LogP contribution in [0.5, 0.6) is 0 Å². The lowest BCUT2D eigenvalue weighted by Crippen LogP contribution is -2.11. The molecule has 112 valence electrons. The topological polar surface area (TPSA) is 38.3 Å². The minimum atomic E-state index is -0.284. The number of para-hydroxylation sites is 1. The molecule has 0 saturated carbocycles. The molecule has 0 bridgehead atoms. The maximum atomic E-state index is 12.0. The van der Waals surface area contributed by atoms with E-state index in [0.29, 0.717) is 12.2 Å². The van der Waals surface area contributed by atoms with Crippen molar-refractivity contribution >= 4 is 23.0 Å². The summed E-state index contributed by atoms with van der Waals surface area (Å²) in [4.78, 5) is 14.6. The Morgan fingerprint density at radius 1 is 1.24 bits per heavy atom. The van der Waals surface area contributed by atoms with E-state index in [0.717, 1.165) is 12.1 Å². The number of ether oxygens (including phenoxy) is 1. The molecule has 1 aromatic heterocycles. The van der Waals surface area contributed by atoms with Crippen molar-refractivity contribution in [3.05, 3.63) is 51.7 Å². The maximum absolute atomic E-state index is 12.0. The third-order valence-corrected chi connectivity index (χ3v) is 4.66. The molecule has 1 heterocycles. The predicted octanol–water partition coefficient (Wildman–Crippen LogP) is 4.66. The number of rotatable bonds is 6. The monoisotopic (exact) mass is 303 g/mol. The average molecular weight is 303 g/mol. The molecule has 2 aromatic rings. The molecule has 0 aliphatic carbocycles. The molecule has 1 aromatic carbocycles. The number of thiophene rings is 1. The molecule has 1 atom stereocenters. The lowest BCUT2D eigenvalue weighted by Gasteiger charge is -2.16. The third kappa shape index (κ3) is 3.85. The predicted molar refractivity (Wildman–Crippen MR) is 88.1 cm³/mol. The van der Waals surface area contributed by atoms with Crippen LogP contribution in [-0.2, 0) is 11.2 Å². The molecule has 0 radical (unpaired) electrons. The van der Waals surface area contributed by atoms with Gasteiger partial charge in [-0.15, -0.1) is 11.3 Å². The first-order valence-corrected chi connectivity index (χ1v) is 8.08. The highest BCUT2D eigenvalue weighted by molar-refractivity contribution is 7.12. The van der Waals surface area contributed by atoms with E-state index in [1.807, 2.05) is 25.1 Å².